The molecule has 1 aromatic carbocycles. The number of rotatable bonds is 2. The minimum Gasteiger partial charge on any atom is -0.372 e. The maximum absolute atomic E-state index is 3.46. The first-order valence-electron chi connectivity index (χ1n) is 4.86. The van der Waals surface area contributed by atoms with E-state index in [1.807, 2.05) is 11.8 Å². The number of nitrogens with one attached hydrogen (secondary N) is 1. The van der Waals surface area contributed by atoms with Crippen LogP contribution in [0.25, 0.3) is 0 Å². The molecule has 0 spiro atoms. The first-order chi connectivity index (χ1) is 6.65. The Bertz CT molecular complexity index is 336. The molecule has 0 fully saturated rings. The van der Waals surface area contributed by atoms with Crippen LogP contribution >= 0.6 is 11.8 Å². The summed E-state index contributed by atoms with van der Waals surface area (Å²) in [4.78, 5) is 3.56. The molecule has 0 saturated heterocycles. The molecule has 1 unspecified atom stereocenters. The molecule has 0 aromatic heterocycles. The van der Waals surface area contributed by atoms with Gasteiger partial charge in [0.25, 0.3) is 0 Å². The van der Waals surface area contributed by atoms with Gasteiger partial charge in [0.05, 0.1) is 5.37 Å². The van der Waals surface area contributed by atoms with Crippen LogP contribution in [0.3, 0.4) is 0 Å². The van der Waals surface area contributed by atoms with Crippen molar-refractivity contribution >= 4 is 17.4 Å². The highest BCUT2D eigenvalue weighted by molar-refractivity contribution is 8.00. The smallest absolute Gasteiger partial charge is 0.0741 e. The highest BCUT2D eigenvalue weighted by atomic mass is 32.2. The Kier molecular flexibility index (Phi) is 2.70. The molecular formula is C11H16N2S. The summed E-state index contributed by atoms with van der Waals surface area (Å²) >= 11 is 1.89. The quantitative estimate of drug-likeness (QED) is 0.804. The van der Waals surface area contributed by atoms with Crippen molar-refractivity contribution in [1.29, 1.82) is 0 Å². The largest absolute Gasteiger partial charge is 0.372 e. The minimum atomic E-state index is 0.514. The molecule has 1 N–H and O–H groups in total. The Morgan fingerprint density at radius 1 is 1.43 bits per heavy atom. The summed E-state index contributed by atoms with van der Waals surface area (Å²) in [5.41, 5.74) is 2.66. The van der Waals surface area contributed by atoms with E-state index in [0.717, 1.165) is 6.54 Å². The Morgan fingerprint density at radius 3 is 2.93 bits per heavy atom. The van der Waals surface area contributed by atoms with Crippen LogP contribution in [-0.2, 0) is 6.54 Å². The summed E-state index contributed by atoms with van der Waals surface area (Å²) in [5.74, 6) is 0. The molecule has 2 rings (SSSR count). The number of nitrogens with zero attached hydrogens (tertiary/aromatic N) is 1. The third-order valence-corrected chi connectivity index (χ3v) is 3.29. The van der Waals surface area contributed by atoms with Gasteiger partial charge < -0.3 is 10.2 Å². The second-order valence-corrected chi connectivity index (χ2v) is 5.36. The van der Waals surface area contributed by atoms with Crippen molar-refractivity contribution in [3.63, 3.8) is 0 Å². The van der Waals surface area contributed by atoms with Gasteiger partial charge >= 0.3 is 0 Å². The molecule has 14 heavy (non-hydrogen) atoms. The molecule has 3 heteroatoms. The maximum atomic E-state index is 3.46. The number of hydrogen-bond donors (Lipinski definition) is 1. The van der Waals surface area contributed by atoms with Crippen LogP contribution in [0.5, 0.6) is 0 Å². The number of thioether (sulfide) groups is 1. The number of hydrogen-bond acceptors (Lipinski definition) is 3. The van der Waals surface area contributed by atoms with Crippen molar-refractivity contribution in [3.8, 4) is 0 Å². The molecule has 1 atom stereocenters. The molecule has 0 bridgehead atoms. The van der Waals surface area contributed by atoms with Crippen LogP contribution < -0.4 is 5.32 Å². The molecule has 0 saturated carbocycles. The number of benzene rings is 1. The van der Waals surface area contributed by atoms with Crippen molar-refractivity contribution in [2.24, 2.45) is 0 Å². The molecule has 0 radical (unpaired) electrons. The average molecular weight is 208 g/mol. The minimum absolute atomic E-state index is 0.514. The fraction of sp³-hybridized carbons (Fsp3) is 0.455. The van der Waals surface area contributed by atoms with Gasteiger partial charge in [0, 0.05) is 17.1 Å². The van der Waals surface area contributed by atoms with Crippen LogP contribution in [0.15, 0.2) is 23.1 Å². The van der Waals surface area contributed by atoms with Gasteiger partial charge in [0.2, 0.25) is 0 Å². The van der Waals surface area contributed by atoms with Gasteiger partial charge in [-0.3, -0.25) is 0 Å². The van der Waals surface area contributed by atoms with Crippen LogP contribution in [-0.4, -0.2) is 24.4 Å². The fourth-order valence-corrected chi connectivity index (χ4v) is 2.65. The highest BCUT2D eigenvalue weighted by Gasteiger charge is 2.17. The summed E-state index contributed by atoms with van der Waals surface area (Å²) in [6, 6.07) is 6.69. The van der Waals surface area contributed by atoms with Crippen LogP contribution in [0, 0.1) is 0 Å². The standard InChI is InChI=1S/C11H16N2S/c1-8-12-10-6-9(7-13(2)3)4-5-11(10)14-8/h4-6,8,12H,7H2,1-3H3. The molecule has 1 heterocycles. The summed E-state index contributed by atoms with van der Waals surface area (Å²) in [7, 11) is 4.19. The van der Waals surface area contributed by atoms with E-state index in [-0.39, 0.29) is 0 Å². The molecule has 1 aliphatic heterocycles. The summed E-state index contributed by atoms with van der Waals surface area (Å²) < 4.78 is 0. The molecule has 76 valence electrons. The van der Waals surface area contributed by atoms with Gasteiger partial charge in [0.15, 0.2) is 0 Å². The van der Waals surface area contributed by atoms with Crippen LogP contribution in [0.2, 0.25) is 0 Å². The average Bonchev–Trinajstić information content (AvgIpc) is 2.42. The van der Waals surface area contributed by atoms with Gasteiger partial charge in [-0.15, -0.1) is 0 Å². The molecule has 1 aromatic rings. The van der Waals surface area contributed by atoms with Crippen molar-refractivity contribution in [1.82, 2.24) is 4.90 Å². The molecular weight excluding hydrogens is 192 g/mol. The Hall–Kier alpha value is -0.670. The van der Waals surface area contributed by atoms with E-state index in [1.54, 1.807) is 0 Å². The first kappa shape index (κ1) is 9.87. The second-order valence-electron chi connectivity index (χ2n) is 3.97. The lowest BCUT2D eigenvalue weighted by molar-refractivity contribution is 0.402. The monoisotopic (exact) mass is 208 g/mol. The Morgan fingerprint density at radius 2 is 2.21 bits per heavy atom. The van der Waals surface area contributed by atoms with Crippen molar-refractivity contribution in [2.75, 3.05) is 19.4 Å². The van der Waals surface area contributed by atoms with E-state index in [4.69, 9.17) is 0 Å². The summed E-state index contributed by atoms with van der Waals surface area (Å²) in [6.45, 7) is 3.20. The summed E-state index contributed by atoms with van der Waals surface area (Å²) in [5, 5.41) is 3.97. The van der Waals surface area contributed by atoms with E-state index in [1.165, 1.54) is 16.1 Å². The molecule has 0 amide bonds. The van der Waals surface area contributed by atoms with E-state index < -0.39 is 0 Å². The number of anilines is 1. The van der Waals surface area contributed by atoms with Gasteiger partial charge in [-0.2, -0.15) is 0 Å². The zero-order valence-corrected chi connectivity index (χ0v) is 9.69. The Balaban J connectivity index is 2.20. The van der Waals surface area contributed by atoms with Crippen LogP contribution in [0.1, 0.15) is 12.5 Å². The lowest BCUT2D eigenvalue weighted by Crippen LogP contribution is -2.10. The molecule has 2 nitrogen and oxygen atoms in total. The number of fused-ring (bicyclic) bond motifs is 1. The highest BCUT2D eigenvalue weighted by Crippen LogP contribution is 2.38. The normalized spacial score (nSPS) is 19.6. The van der Waals surface area contributed by atoms with E-state index >= 15 is 0 Å². The Labute approximate surface area is 89.7 Å². The molecule has 0 aliphatic carbocycles. The van der Waals surface area contributed by atoms with Crippen molar-refractivity contribution < 1.29 is 0 Å². The van der Waals surface area contributed by atoms with Gasteiger partial charge in [-0.05, 0) is 38.7 Å². The third kappa shape index (κ3) is 2.04. The van der Waals surface area contributed by atoms with Crippen molar-refractivity contribution in [3.05, 3.63) is 23.8 Å². The zero-order valence-electron chi connectivity index (χ0n) is 8.87. The van der Waals surface area contributed by atoms with E-state index in [2.05, 4.69) is 49.4 Å². The maximum Gasteiger partial charge on any atom is 0.0741 e. The molecule has 1 aliphatic rings. The topological polar surface area (TPSA) is 15.3 Å². The van der Waals surface area contributed by atoms with Crippen LogP contribution in [0.4, 0.5) is 5.69 Å². The van der Waals surface area contributed by atoms with E-state index in [0.29, 0.717) is 5.37 Å². The second kappa shape index (κ2) is 3.83. The van der Waals surface area contributed by atoms with Gasteiger partial charge in [0.1, 0.15) is 0 Å². The first-order valence-corrected chi connectivity index (χ1v) is 5.74. The zero-order chi connectivity index (χ0) is 10.1. The fourth-order valence-electron chi connectivity index (χ4n) is 1.70. The third-order valence-electron chi connectivity index (χ3n) is 2.21. The predicted octanol–water partition coefficient (Wildman–Crippen LogP) is 2.61. The lowest BCUT2D eigenvalue weighted by Gasteiger charge is -2.10. The SMILES string of the molecule is CC1Nc2cc(CN(C)C)ccc2S1. The van der Waals surface area contributed by atoms with Crippen molar-refractivity contribution in [2.45, 2.75) is 23.7 Å². The van der Waals surface area contributed by atoms with E-state index in [9.17, 15) is 0 Å². The van der Waals surface area contributed by atoms with Gasteiger partial charge in [-0.1, -0.05) is 17.8 Å². The lowest BCUT2D eigenvalue weighted by atomic mass is 10.2. The summed E-state index contributed by atoms with van der Waals surface area (Å²) in [6.07, 6.45) is 0. The predicted molar refractivity (Wildman–Crippen MR) is 62.8 cm³/mol. The van der Waals surface area contributed by atoms with Gasteiger partial charge in [-0.25, -0.2) is 0 Å².